The maximum absolute atomic E-state index is 13.5. The zero-order chi connectivity index (χ0) is 15.4. The SMILES string of the molecule is C[C@@H]1C[C@@H](C)CN(CCNC(=O)c2cc(F)ccc2F)C1. The first-order valence-corrected chi connectivity index (χ1v) is 7.41. The Morgan fingerprint density at radius 1 is 1.29 bits per heavy atom. The molecule has 0 spiro atoms. The van der Waals surface area contributed by atoms with Gasteiger partial charge in [-0.1, -0.05) is 13.8 Å². The number of rotatable bonds is 4. The largest absolute Gasteiger partial charge is 0.351 e. The van der Waals surface area contributed by atoms with Crippen LogP contribution < -0.4 is 5.32 Å². The van der Waals surface area contributed by atoms with E-state index >= 15 is 0 Å². The van der Waals surface area contributed by atoms with Gasteiger partial charge in [0.05, 0.1) is 5.56 Å². The van der Waals surface area contributed by atoms with Crippen molar-refractivity contribution < 1.29 is 13.6 Å². The van der Waals surface area contributed by atoms with E-state index in [2.05, 4.69) is 24.1 Å². The second-order valence-electron chi connectivity index (χ2n) is 6.09. The van der Waals surface area contributed by atoms with Crippen molar-refractivity contribution in [2.24, 2.45) is 11.8 Å². The van der Waals surface area contributed by atoms with Crippen LogP contribution in [0.2, 0.25) is 0 Å². The van der Waals surface area contributed by atoms with E-state index < -0.39 is 17.5 Å². The first-order chi connectivity index (χ1) is 9.95. The lowest BCUT2D eigenvalue weighted by Gasteiger charge is -2.34. The molecule has 3 nitrogen and oxygen atoms in total. The summed E-state index contributed by atoms with van der Waals surface area (Å²) < 4.78 is 26.5. The molecule has 0 unspecified atom stereocenters. The van der Waals surface area contributed by atoms with Crippen molar-refractivity contribution in [2.75, 3.05) is 26.2 Å². The number of amides is 1. The molecule has 1 aromatic rings. The molecule has 1 aromatic carbocycles. The monoisotopic (exact) mass is 296 g/mol. The fraction of sp³-hybridized carbons (Fsp3) is 0.562. The minimum Gasteiger partial charge on any atom is -0.351 e. The summed E-state index contributed by atoms with van der Waals surface area (Å²) in [6.07, 6.45) is 1.23. The first-order valence-electron chi connectivity index (χ1n) is 7.41. The van der Waals surface area contributed by atoms with Gasteiger partial charge >= 0.3 is 0 Å². The Labute approximate surface area is 124 Å². The van der Waals surface area contributed by atoms with Crippen LogP contribution in [0, 0.1) is 23.5 Å². The topological polar surface area (TPSA) is 32.3 Å². The molecule has 21 heavy (non-hydrogen) atoms. The normalized spacial score (nSPS) is 23.0. The van der Waals surface area contributed by atoms with Crippen molar-refractivity contribution in [3.8, 4) is 0 Å². The number of nitrogens with zero attached hydrogens (tertiary/aromatic N) is 1. The van der Waals surface area contributed by atoms with Crippen LogP contribution in [0.1, 0.15) is 30.6 Å². The van der Waals surface area contributed by atoms with E-state index in [9.17, 15) is 13.6 Å². The third-order valence-corrected chi connectivity index (χ3v) is 3.83. The molecule has 1 saturated heterocycles. The van der Waals surface area contributed by atoms with Crippen LogP contribution in [0.15, 0.2) is 18.2 Å². The van der Waals surface area contributed by atoms with Crippen LogP contribution >= 0.6 is 0 Å². The van der Waals surface area contributed by atoms with Crippen molar-refractivity contribution in [3.05, 3.63) is 35.4 Å². The third-order valence-electron chi connectivity index (χ3n) is 3.83. The molecule has 1 aliphatic heterocycles. The number of halogens is 2. The maximum Gasteiger partial charge on any atom is 0.254 e. The number of nitrogens with one attached hydrogen (secondary N) is 1. The Balaban J connectivity index is 1.83. The van der Waals surface area contributed by atoms with E-state index in [0.717, 1.165) is 37.8 Å². The molecule has 1 N–H and O–H groups in total. The summed E-state index contributed by atoms with van der Waals surface area (Å²) in [7, 11) is 0. The second-order valence-corrected chi connectivity index (χ2v) is 6.09. The van der Waals surface area contributed by atoms with Crippen LogP contribution in [-0.2, 0) is 0 Å². The maximum atomic E-state index is 13.5. The highest BCUT2D eigenvalue weighted by molar-refractivity contribution is 5.94. The fourth-order valence-electron chi connectivity index (χ4n) is 3.07. The molecule has 0 aliphatic carbocycles. The molecule has 1 fully saturated rings. The van der Waals surface area contributed by atoms with Gasteiger partial charge in [-0.15, -0.1) is 0 Å². The van der Waals surface area contributed by atoms with Gasteiger partial charge in [0.1, 0.15) is 11.6 Å². The van der Waals surface area contributed by atoms with Gasteiger partial charge in [0, 0.05) is 26.2 Å². The zero-order valence-corrected chi connectivity index (χ0v) is 12.5. The predicted molar refractivity (Wildman–Crippen MR) is 78.1 cm³/mol. The zero-order valence-electron chi connectivity index (χ0n) is 12.5. The Bertz CT molecular complexity index is 497. The number of likely N-dealkylation sites (tertiary alicyclic amines) is 1. The fourth-order valence-corrected chi connectivity index (χ4v) is 3.07. The summed E-state index contributed by atoms with van der Waals surface area (Å²) in [5, 5.41) is 2.66. The van der Waals surface area contributed by atoms with Crippen LogP contribution in [-0.4, -0.2) is 37.0 Å². The molecule has 0 saturated carbocycles. The summed E-state index contributed by atoms with van der Waals surface area (Å²) in [4.78, 5) is 14.2. The van der Waals surface area contributed by atoms with E-state index in [1.165, 1.54) is 6.42 Å². The molecule has 0 bridgehead atoms. The molecule has 1 amide bonds. The third kappa shape index (κ3) is 4.49. The summed E-state index contributed by atoms with van der Waals surface area (Å²) in [6, 6.07) is 2.90. The standard InChI is InChI=1S/C16H22F2N2O/c1-11-7-12(2)10-20(9-11)6-5-19-16(21)14-8-13(17)3-4-15(14)18/h3-4,8,11-12H,5-7,9-10H2,1-2H3,(H,19,21)/t11-,12-/m1/s1. The van der Waals surface area contributed by atoms with Gasteiger partial charge < -0.3 is 10.2 Å². The Kier molecular flexibility index (Phi) is 5.28. The second kappa shape index (κ2) is 6.98. The molecule has 0 radical (unpaired) electrons. The minimum absolute atomic E-state index is 0.240. The lowest BCUT2D eigenvalue weighted by molar-refractivity contribution is 0.0932. The molecule has 2 rings (SSSR count). The first kappa shape index (κ1) is 15.9. The van der Waals surface area contributed by atoms with E-state index in [4.69, 9.17) is 0 Å². The average Bonchev–Trinajstić information content (AvgIpc) is 2.40. The van der Waals surface area contributed by atoms with Gasteiger partial charge in [-0.05, 0) is 36.5 Å². The van der Waals surface area contributed by atoms with Crippen molar-refractivity contribution in [1.29, 1.82) is 0 Å². The highest BCUT2D eigenvalue weighted by atomic mass is 19.1. The molecular formula is C16H22F2N2O. The van der Waals surface area contributed by atoms with E-state index in [1.54, 1.807) is 0 Å². The molecule has 0 aromatic heterocycles. The average molecular weight is 296 g/mol. The molecule has 5 heteroatoms. The van der Waals surface area contributed by atoms with Crippen LogP contribution in [0.4, 0.5) is 8.78 Å². The van der Waals surface area contributed by atoms with E-state index in [1.807, 2.05) is 0 Å². The highest BCUT2D eigenvalue weighted by Crippen LogP contribution is 2.20. The molecule has 1 heterocycles. The van der Waals surface area contributed by atoms with Gasteiger partial charge in [-0.2, -0.15) is 0 Å². The molecule has 1 aliphatic rings. The summed E-state index contributed by atoms with van der Waals surface area (Å²) in [6.45, 7) is 7.67. The Morgan fingerprint density at radius 2 is 1.95 bits per heavy atom. The van der Waals surface area contributed by atoms with E-state index in [0.29, 0.717) is 18.4 Å². The van der Waals surface area contributed by atoms with Crippen molar-refractivity contribution in [1.82, 2.24) is 10.2 Å². The van der Waals surface area contributed by atoms with Crippen LogP contribution in [0.3, 0.4) is 0 Å². The van der Waals surface area contributed by atoms with E-state index in [-0.39, 0.29) is 5.56 Å². The number of piperidine rings is 1. The molecule has 2 atom stereocenters. The number of benzene rings is 1. The van der Waals surface area contributed by atoms with Gasteiger partial charge in [0.2, 0.25) is 0 Å². The number of carbonyl (C=O) groups is 1. The number of hydrogen-bond acceptors (Lipinski definition) is 2. The van der Waals surface area contributed by atoms with Gasteiger partial charge in [-0.25, -0.2) is 8.78 Å². The quantitative estimate of drug-likeness (QED) is 0.926. The summed E-state index contributed by atoms with van der Waals surface area (Å²) in [5.74, 6) is -0.560. The van der Waals surface area contributed by atoms with Crippen molar-refractivity contribution >= 4 is 5.91 Å². The van der Waals surface area contributed by atoms with Crippen molar-refractivity contribution in [3.63, 3.8) is 0 Å². The minimum atomic E-state index is -0.700. The van der Waals surface area contributed by atoms with Gasteiger partial charge in [0.25, 0.3) is 5.91 Å². The number of hydrogen-bond donors (Lipinski definition) is 1. The summed E-state index contributed by atoms with van der Waals surface area (Å²) >= 11 is 0. The lowest BCUT2D eigenvalue weighted by atomic mass is 9.92. The van der Waals surface area contributed by atoms with Gasteiger partial charge in [-0.3, -0.25) is 4.79 Å². The predicted octanol–water partition coefficient (Wildman–Crippen LogP) is 2.67. The number of carbonyl (C=O) groups excluding carboxylic acids is 1. The van der Waals surface area contributed by atoms with Crippen molar-refractivity contribution in [2.45, 2.75) is 20.3 Å². The Hall–Kier alpha value is -1.49. The van der Waals surface area contributed by atoms with Gasteiger partial charge in [0.15, 0.2) is 0 Å². The lowest BCUT2D eigenvalue weighted by Crippen LogP contribution is -2.43. The molecular weight excluding hydrogens is 274 g/mol. The van der Waals surface area contributed by atoms with Crippen LogP contribution in [0.25, 0.3) is 0 Å². The smallest absolute Gasteiger partial charge is 0.254 e. The van der Waals surface area contributed by atoms with Crippen LogP contribution in [0.5, 0.6) is 0 Å². The highest BCUT2D eigenvalue weighted by Gasteiger charge is 2.21. The Morgan fingerprint density at radius 3 is 2.62 bits per heavy atom. The molecule has 116 valence electrons. The summed E-state index contributed by atoms with van der Waals surface area (Å²) in [5.41, 5.74) is -0.240.